The van der Waals surface area contributed by atoms with Crippen molar-refractivity contribution in [3.05, 3.63) is 0 Å². The quantitative estimate of drug-likeness (QED) is 0.0736. The van der Waals surface area contributed by atoms with Crippen molar-refractivity contribution in [3.63, 3.8) is 0 Å². The van der Waals surface area contributed by atoms with Crippen molar-refractivity contribution in [2.24, 2.45) is 0 Å². The van der Waals surface area contributed by atoms with Crippen LogP contribution in [0.5, 0.6) is 0 Å². The van der Waals surface area contributed by atoms with Crippen LogP contribution in [0.1, 0.15) is 188 Å². The molecule has 226 valence electrons. The summed E-state index contributed by atoms with van der Waals surface area (Å²) in [4.78, 5) is 27.3. The van der Waals surface area contributed by atoms with Crippen LogP contribution >= 0.6 is 0 Å². The predicted molar refractivity (Wildman–Crippen MR) is 165 cm³/mol. The maximum absolute atomic E-state index is 12.9. The smallest absolute Gasteiger partial charge is 0.328 e. The largest absolute Gasteiger partial charge is 0.461 e. The van der Waals surface area contributed by atoms with Crippen molar-refractivity contribution in [1.82, 2.24) is 4.90 Å². The van der Waals surface area contributed by atoms with Crippen molar-refractivity contribution in [2.75, 3.05) is 7.05 Å². The van der Waals surface area contributed by atoms with Gasteiger partial charge in [0.25, 0.3) is 0 Å². The molecule has 0 spiro atoms. The van der Waals surface area contributed by atoms with Gasteiger partial charge in [-0.25, -0.2) is 4.79 Å². The number of amides is 1. The van der Waals surface area contributed by atoms with Gasteiger partial charge >= 0.3 is 5.97 Å². The number of unbranched alkanes of at least 4 members (excludes halogenated alkanes) is 19. The first-order valence-corrected chi connectivity index (χ1v) is 16.9. The van der Waals surface area contributed by atoms with E-state index in [0.717, 1.165) is 38.5 Å². The monoisotopic (exact) mass is 538 g/mol. The molecule has 1 unspecified atom stereocenters. The number of esters is 1. The van der Waals surface area contributed by atoms with Crippen LogP contribution in [-0.2, 0) is 14.3 Å². The average molecular weight is 538 g/mol. The summed E-state index contributed by atoms with van der Waals surface area (Å²) < 4.78 is 5.99. The maximum Gasteiger partial charge on any atom is 0.328 e. The molecule has 0 aromatic carbocycles. The molecular formula is C34H67NO3. The minimum atomic E-state index is -0.512. The average Bonchev–Trinajstić information content (AvgIpc) is 2.92. The van der Waals surface area contributed by atoms with E-state index in [1.807, 2.05) is 6.92 Å². The number of rotatable bonds is 28. The molecule has 38 heavy (non-hydrogen) atoms. The third-order valence-electron chi connectivity index (χ3n) is 8.10. The minimum Gasteiger partial charge on any atom is -0.461 e. The van der Waals surface area contributed by atoms with E-state index in [1.54, 1.807) is 11.9 Å². The van der Waals surface area contributed by atoms with Gasteiger partial charge in [-0.1, -0.05) is 143 Å². The van der Waals surface area contributed by atoms with E-state index in [9.17, 15) is 9.59 Å². The van der Waals surface area contributed by atoms with E-state index in [-0.39, 0.29) is 18.0 Å². The third kappa shape index (κ3) is 21.8. The predicted octanol–water partition coefficient (Wildman–Crippen LogP) is 10.6. The Hall–Kier alpha value is -1.06. The summed E-state index contributed by atoms with van der Waals surface area (Å²) >= 11 is 0. The maximum atomic E-state index is 12.9. The molecule has 0 aliphatic carbocycles. The number of carbonyl (C=O) groups excluding carboxylic acids is 2. The van der Waals surface area contributed by atoms with Crippen molar-refractivity contribution < 1.29 is 14.3 Å². The number of hydrogen-bond donors (Lipinski definition) is 0. The zero-order valence-corrected chi connectivity index (χ0v) is 26.5. The van der Waals surface area contributed by atoms with Crippen LogP contribution in [-0.4, -0.2) is 36.0 Å². The zero-order valence-electron chi connectivity index (χ0n) is 26.5. The molecule has 0 radical (unpaired) electrons. The fraction of sp³-hybridized carbons (Fsp3) is 0.941. The highest BCUT2D eigenvalue weighted by molar-refractivity contribution is 5.84. The molecule has 4 heteroatoms. The van der Waals surface area contributed by atoms with Gasteiger partial charge in [0.2, 0.25) is 5.91 Å². The van der Waals surface area contributed by atoms with E-state index in [4.69, 9.17) is 4.74 Å². The highest BCUT2D eigenvalue weighted by atomic mass is 16.5. The Bertz CT molecular complexity index is 536. The Balaban J connectivity index is 4.25. The van der Waals surface area contributed by atoms with Gasteiger partial charge in [-0.15, -0.1) is 0 Å². The van der Waals surface area contributed by atoms with Crippen LogP contribution in [0.4, 0.5) is 0 Å². The molecule has 0 fully saturated rings. The van der Waals surface area contributed by atoms with Crippen LogP contribution in [0.25, 0.3) is 0 Å². The SMILES string of the molecule is CCCCCCCCCCCCCC(=O)N(C)[C@@H](C)C(=O)OC(CCCCCC)CCCCCCCCC. The number of hydrogen-bond acceptors (Lipinski definition) is 3. The van der Waals surface area contributed by atoms with E-state index < -0.39 is 6.04 Å². The first kappa shape index (κ1) is 36.9. The molecule has 0 saturated carbocycles. The lowest BCUT2D eigenvalue weighted by atomic mass is 10.0. The number of nitrogens with zero attached hydrogens (tertiary/aromatic N) is 1. The molecule has 2 atom stereocenters. The Morgan fingerprint density at radius 1 is 0.553 bits per heavy atom. The van der Waals surface area contributed by atoms with Crippen molar-refractivity contribution in [3.8, 4) is 0 Å². The molecule has 0 saturated heterocycles. The second kappa shape index (κ2) is 27.5. The molecule has 0 aliphatic heterocycles. The van der Waals surface area contributed by atoms with Crippen molar-refractivity contribution >= 4 is 11.9 Å². The fourth-order valence-electron chi connectivity index (χ4n) is 5.14. The topological polar surface area (TPSA) is 46.6 Å². The Morgan fingerprint density at radius 2 is 0.895 bits per heavy atom. The summed E-state index contributed by atoms with van der Waals surface area (Å²) in [6, 6.07) is -0.512. The van der Waals surface area contributed by atoms with Gasteiger partial charge in [-0.2, -0.15) is 0 Å². The highest BCUT2D eigenvalue weighted by Gasteiger charge is 2.25. The number of likely N-dealkylation sites (N-methyl/N-ethyl adjacent to an activating group) is 1. The zero-order chi connectivity index (χ0) is 28.3. The van der Waals surface area contributed by atoms with E-state index in [2.05, 4.69) is 20.8 Å². The Morgan fingerprint density at radius 3 is 1.32 bits per heavy atom. The van der Waals surface area contributed by atoms with Crippen LogP contribution in [0.2, 0.25) is 0 Å². The molecular weight excluding hydrogens is 470 g/mol. The number of carbonyl (C=O) groups is 2. The highest BCUT2D eigenvalue weighted by Crippen LogP contribution is 2.18. The molecule has 0 heterocycles. The second-order valence-corrected chi connectivity index (χ2v) is 11.8. The molecule has 0 aromatic rings. The van der Waals surface area contributed by atoms with Gasteiger partial charge in [0.05, 0.1) is 0 Å². The van der Waals surface area contributed by atoms with Crippen molar-refractivity contribution in [2.45, 2.75) is 200 Å². The first-order valence-electron chi connectivity index (χ1n) is 16.9. The Labute approximate surface area is 238 Å². The van der Waals surface area contributed by atoms with Gasteiger partial charge in [0, 0.05) is 13.5 Å². The lowest BCUT2D eigenvalue weighted by Gasteiger charge is -2.26. The van der Waals surface area contributed by atoms with Gasteiger partial charge in [0.1, 0.15) is 12.1 Å². The van der Waals surface area contributed by atoms with E-state index in [0.29, 0.717) is 6.42 Å². The minimum absolute atomic E-state index is 0.00686. The van der Waals surface area contributed by atoms with Gasteiger partial charge in [-0.05, 0) is 39.0 Å². The summed E-state index contributed by atoms with van der Waals surface area (Å²) in [6.07, 6.45) is 30.1. The van der Waals surface area contributed by atoms with Crippen LogP contribution in [0, 0.1) is 0 Å². The van der Waals surface area contributed by atoms with E-state index in [1.165, 1.54) is 116 Å². The second-order valence-electron chi connectivity index (χ2n) is 11.8. The van der Waals surface area contributed by atoms with E-state index >= 15 is 0 Å². The summed E-state index contributed by atoms with van der Waals surface area (Å²) in [7, 11) is 1.76. The molecule has 0 rings (SSSR count). The summed E-state index contributed by atoms with van der Waals surface area (Å²) in [6.45, 7) is 8.56. The molecule has 0 bridgehead atoms. The van der Waals surface area contributed by atoms with Gasteiger partial charge in [-0.3, -0.25) is 4.79 Å². The van der Waals surface area contributed by atoms with Crippen molar-refractivity contribution in [1.29, 1.82) is 0 Å². The molecule has 0 aromatic heterocycles. The molecule has 4 nitrogen and oxygen atoms in total. The summed E-state index contributed by atoms with van der Waals surface area (Å²) in [5.41, 5.74) is 0. The third-order valence-corrected chi connectivity index (χ3v) is 8.10. The molecule has 1 amide bonds. The lowest BCUT2D eigenvalue weighted by molar-refractivity contribution is -0.158. The van der Waals surface area contributed by atoms with Crippen LogP contribution in [0.15, 0.2) is 0 Å². The molecule has 0 N–H and O–H groups in total. The normalized spacial score (nSPS) is 12.9. The fourth-order valence-corrected chi connectivity index (χ4v) is 5.14. The summed E-state index contributed by atoms with van der Waals surface area (Å²) in [5, 5.41) is 0. The van der Waals surface area contributed by atoms with Crippen LogP contribution in [0.3, 0.4) is 0 Å². The summed E-state index contributed by atoms with van der Waals surface area (Å²) in [5.74, 6) is -0.167. The first-order chi connectivity index (χ1) is 18.5. The van der Waals surface area contributed by atoms with Gasteiger partial charge < -0.3 is 9.64 Å². The van der Waals surface area contributed by atoms with Gasteiger partial charge in [0.15, 0.2) is 0 Å². The lowest BCUT2D eigenvalue weighted by Crippen LogP contribution is -2.42. The number of ether oxygens (including phenoxy) is 1. The Kier molecular flexibility index (Phi) is 26.7. The molecule has 0 aliphatic rings. The standard InChI is InChI=1S/C34H67NO3/c1-6-9-12-15-17-18-19-20-22-24-27-30-33(36)35(5)31(4)34(37)38-32(28-25-14-11-8-3)29-26-23-21-16-13-10-7-2/h31-32H,6-30H2,1-5H3/t31-,32?/m0/s1. The van der Waals surface area contributed by atoms with Crippen LogP contribution < -0.4 is 0 Å².